The highest BCUT2D eigenvalue weighted by atomic mass is 31.1. The molecular weight excluding hydrogens is 422 g/mol. The molecule has 0 aliphatic heterocycles. The Hall–Kier alpha value is 0.860. The monoisotopic (exact) mass is 482 g/mol. The van der Waals surface area contributed by atoms with Crippen LogP contribution >= 0.6 is 15.8 Å². The normalized spacial score (nSPS) is 23.3. The summed E-state index contributed by atoms with van der Waals surface area (Å²) in [6.07, 6.45) is 22.8. The van der Waals surface area contributed by atoms with Gasteiger partial charge in [-0.3, -0.25) is 0 Å². The molecule has 0 bridgehead atoms. The fourth-order valence-corrected chi connectivity index (χ4v) is 17.3. The van der Waals surface area contributed by atoms with Crippen molar-refractivity contribution in [3.05, 3.63) is 0 Å². The molecule has 0 nitrogen and oxygen atoms in total. The molecule has 3 aliphatic carbocycles. The molecule has 0 unspecified atom stereocenters. The molecule has 0 spiro atoms. The minimum Gasteiger partial charge on any atom is -0.0948 e. The maximum Gasteiger partial charge on any atom is -0.0172 e. The van der Waals surface area contributed by atoms with Gasteiger partial charge in [-0.25, -0.2) is 0 Å². The first-order valence-electron chi connectivity index (χ1n) is 14.4. The minimum atomic E-state index is 0.139. The molecule has 0 heterocycles. The number of rotatable bonds is 3. The van der Waals surface area contributed by atoms with Crippen molar-refractivity contribution in [1.29, 1.82) is 0 Å². The van der Waals surface area contributed by atoms with E-state index in [1.165, 1.54) is 70.6 Å². The predicted molar refractivity (Wildman–Crippen MR) is 154 cm³/mol. The van der Waals surface area contributed by atoms with Gasteiger partial charge >= 0.3 is 0 Å². The van der Waals surface area contributed by atoms with Gasteiger partial charge < -0.3 is 0 Å². The molecule has 190 valence electrons. The number of hydrogen-bond acceptors (Lipinski definition) is 0. The van der Waals surface area contributed by atoms with Crippen molar-refractivity contribution in [1.82, 2.24) is 0 Å². The highest BCUT2D eigenvalue weighted by molar-refractivity contribution is 7.61. The van der Waals surface area contributed by atoms with Crippen molar-refractivity contribution >= 4 is 15.8 Å². The Morgan fingerprint density at radius 2 is 0.656 bits per heavy atom. The van der Waals surface area contributed by atoms with Crippen LogP contribution in [0, 0.1) is 0 Å². The van der Waals surface area contributed by atoms with Gasteiger partial charge in [-0.15, -0.1) is 0 Å². The fraction of sp³-hybridized carbons (Fsp3) is 1.00. The summed E-state index contributed by atoms with van der Waals surface area (Å²) in [6.45, 7) is 22.3. The molecule has 0 amide bonds. The van der Waals surface area contributed by atoms with Crippen LogP contribution in [0.25, 0.3) is 0 Å². The molecule has 0 aromatic carbocycles. The lowest BCUT2D eigenvalue weighted by Crippen LogP contribution is -2.32. The van der Waals surface area contributed by atoms with E-state index in [2.05, 4.69) is 62.3 Å². The first kappa shape index (κ1) is 29.1. The molecule has 0 atom stereocenters. The first-order valence-corrected chi connectivity index (χ1v) is 17.3. The lowest BCUT2D eigenvalue weighted by Gasteiger charge is -2.47. The first-order chi connectivity index (χ1) is 14.8. The molecular formula is C30H60P2. The second kappa shape index (κ2) is 12.7. The standard InChI is InChI=1S/C16H31P.C14H29P/c1-16(2,3)17(14-10-6-4-7-11-14)15-12-8-5-9-13-15;1-13(2,3)15(14(4,5)6)12-10-8-7-9-11-12/h14-15H,4-13H2,1-3H3;12H,7-11H2,1-6H3. The van der Waals surface area contributed by atoms with Gasteiger partial charge in [0.2, 0.25) is 0 Å². The van der Waals surface area contributed by atoms with E-state index in [0.717, 1.165) is 17.0 Å². The van der Waals surface area contributed by atoms with E-state index in [9.17, 15) is 0 Å². The average Bonchev–Trinajstić information content (AvgIpc) is 2.68. The molecule has 3 rings (SSSR count). The SMILES string of the molecule is CC(C)(C)P(C1CCCCC1)C(C)(C)C.CC(C)(C)P(C1CCCCC1)C1CCCCC1. The Kier molecular flexibility index (Phi) is 11.6. The third kappa shape index (κ3) is 9.14. The van der Waals surface area contributed by atoms with Crippen molar-refractivity contribution in [3.8, 4) is 0 Å². The van der Waals surface area contributed by atoms with Crippen molar-refractivity contribution in [2.45, 2.75) is 191 Å². The maximum atomic E-state index is 2.53. The van der Waals surface area contributed by atoms with Gasteiger partial charge in [-0.1, -0.05) is 136 Å². The van der Waals surface area contributed by atoms with Gasteiger partial charge in [0.25, 0.3) is 0 Å². The molecule has 2 heteroatoms. The summed E-state index contributed by atoms with van der Waals surface area (Å²) in [7, 11) is 0.401. The third-order valence-electron chi connectivity index (χ3n) is 8.10. The molecule has 3 saturated carbocycles. The second-order valence-corrected chi connectivity index (χ2v) is 21.9. The summed E-state index contributed by atoms with van der Waals surface area (Å²) >= 11 is 0. The summed E-state index contributed by atoms with van der Waals surface area (Å²) in [5.41, 5.74) is 3.26. The maximum absolute atomic E-state index is 2.53. The zero-order valence-corrected chi connectivity index (χ0v) is 25.5. The quantitative estimate of drug-likeness (QED) is 0.351. The molecule has 0 aromatic rings. The smallest absolute Gasteiger partial charge is 0.0172 e. The number of hydrogen-bond donors (Lipinski definition) is 0. The fourth-order valence-electron chi connectivity index (χ4n) is 7.55. The molecule has 0 saturated heterocycles. The highest BCUT2D eigenvalue weighted by Gasteiger charge is 2.40. The van der Waals surface area contributed by atoms with Gasteiger partial charge in [0.1, 0.15) is 0 Å². The Bertz CT molecular complexity index is 468. The van der Waals surface area contributed by atoms with E-state index in [-0.39, 0.29) is 15.8 Å². The largest absolute Gasteiger partial charge is 0.0948 e. The lowest BCUT2D eigenvalue weighted by atomic mass is 9.99. The molecule has 3 fully saturated rings. The molecule has 0 aromatic heterocycles. The summed E-state index contributed by atoms with van der Waals surface area (Å²) < 4.78 is 0. The van der Waals surface area contributed by atoms with Crippen LogP contribution in [0.1, 0.15) is 159 Å². The van der Waals surface area contributed by atoms with Gasteiger partial charge in [-0.05, 0) is 71.0 Å². The summed E-state index contributed by atoms with van der Waals surface area (Å²) in [5.74, 6) is 0. The van der Waals surface area contributed by atoms with E-state index < -0.39 is 0 Å². The second-order valence-electron chi connectivity index (χ2n) is 14.2. The van der Waals surface area contributed by atoms with E-state index in [1.54, 1.807) is 25.7 Å². The highest BCUT2D eigenvalue weighted by Crippen LogP contribution is 2.65. The molecule has 0 radical (unpaired) electrons. The van der Waals surface area contributed by atoms with Gasteiger partial charge in [0.15, 0.2) is 0 Å². The van der Waals surface area contributed by atoms with Crippen LogP contribution in [0.5, 0.6) is 0 Å². The average molecular weight is 483 g/mol. The van der Waals surface area contributed by atoms with Crippen molar-refractivity contribution in [2.75, 3.05) is 0 Å². The Balaban J connectivity index is 0.000000229. The summed E-state index contributed by atoms with van der Waals surface area (Å²) in [4.78, 5) is 0. The molecule has 32 heavy (non-hydrogen) atoms. The minimum absolute atomic E-state index is 0.139. The van der Waals surface area contributed by atoms with Crippen LogP contribution in [0.2, 0.25) is 0 Å². The molecule has 0 N–H and O–H groups in total. The van der Waals surface area contributed by atoms with Crippen molar-refractivity contribution in [2.24, 2.45) is 0 Å². The van der Waals surface area contributed by atoms with E-state index in [1.807, 2.05) is 0 Å². The van der Waals surface area contributed by atoms with Crippen LogP contribution in [0.15, 0.2) is 0 Å². The van der Waals surface area contributed by atoms with Gasteiger partial charge in [-0.2, -0.15) is 0 Å². The van der Waals surface area contributed by atoms with Crippen LogP contribution in [0.4, 0.5) is 0 Å². The summed E-state index contributed by atoms with van der Waals surface area (Å²) in [6, 6.07) is 0. The lowest BCUT2D eigenvalue weighted by molar-refractivity contribution is 0.475. The predicted octanol–water partition coefficient (Wildman–Crippen LogP) is 11.3. The third-order valence-corrected chi connectivity index (χ3v) is 16.4. The van der Waals surface area contributed by atoms with Crippen molar-refractivity contribution in [3.63, 3.8) is 0 Å². The van der Waals surface area contributed by atoms with Crippen LogP contribution in [0.3, 0.4) is 0 Å². The summed E-state index contributed by atoms with van der Waals surface area (Å²) in [5, 5.41) is 1.64. The Morgan fingerprint density at radius 3 is 0.906 bits per heavy atom. The van der Waals surface area contributed by atoms with Gasteiger partial charge in [0, 0.05) is 0 Å². The van der Waals surface area contributed by atoms with Crippen LogP contribution in [-0.4, -0.2) is 32.4 Å². The Morgan fingerprint density at radius 1 is 0.375 bits per heavy atom. The zero-order valence-electron chi connectivity index (χ0n) is 23.7. The van der Waals surface area contributed by atoms with Crippen molar-refractivity contribution < 1.29 is 0 Å². The van der Waals surface area contributed by atoms with Crippen LogP contribution in [-0.2, 0) is 0 Å². The zero-order chi connectivity index (χ0) is 24.0. The van der Waals surface area contributed by atoms with E-state index in [0.29, 0.717) is 15.5 Å². The van der Waals surface area contributed by atoms with Gasteiger partial charge in [0.05, 0.1) is 0 Å². The van der Waals surface area contributed by atoms with Crippen LogP contribution < -0.4 is 0 Å². The Labute approximate surface area is 206 Å². The topological polar surface area (TPSA) is 0 Å². The van der Waals surface area contributed by atoms with E-state index >= 15 is 0 Å². The molecule has 3 aliphatic rings. The van der Waals surface area contributed by atoms with E-state index in [4.69, 9.17) is 0 Å².